The number of para-hydroxylation sites is 2. The van der Waals surface area contributed by atoms with Gasteiger partial charge < -0.3 is 105 Å². The normalized spacial score (nSPS) is 27.9. The summed E-state index contributed by atoms with van der Waals surface area (Å²) in [6, 6.07) is 0.175. The molecule has 456 valence electrons. The number of aliphatic hydroxyl groups is 5. The van der Waals surface area contributed by atoms with Crippen molar-refractivity contribution in [1.29, 1.82) is 0 Å². The lowest BCUT2D eigenvalue weighted by atomic mass is 9.98. The summed E-state index contributed by atoms with van der Waals surface area (Å²) in [5.74, 6) is -8.13. The highest BCUT2D eigenvalue weighted by atomic mass is 16.7. The number of H-pyrrole nitrogens is 2. The zero-order valence-corrected chi connectivity index (χ0v) is 46.5. The molecule has 4 heterocycles. The topological polar surface area (TPSA) is 462 Å². The number of hydrogen-bond donors (Lipinski definition) is 18. The van der Waals surface area contributed by atoms with E-state index in [-0.39, 0.29) is 57.5 Å². The van der Waals surface area contributed by atoms with Gasteiger partial charge in [0.2, 0.25) is 47.3 Å². The fourth-order valence-corrected chi connectivity index (χ4v) is 9.88. The number of aromatic nitrogens is 2. The molecule has 0 radical (unpaired) electrons. The van der Waals surface area contributed by atoms with Crippen LogP contribution < -0.4 is 59.7 Å². The number of fused-ring (bicyclic) bond motifs is 2. The molecule has 28 heteroatoms. The largest absolute Gasteiger partial charge is 0.394 e. The first-order chi connectivity index (χ1) is 39.8. The number of nitrogens with two attached hydrogens (primary N) is 3. The summed E-state index contributed by atoms with van der Waals surface area (Å²) >= 11 is 0. The van der Waals surface area contributed by atoms with Gasteiger partial charge in [-0.2, -0.15) is 0 Å². The molecule has 8 amide bonds. The second-order valence-corrected chi connectivity index (χ2v) is 21.3. The molecule has 2 aromatic carbocycles. The third-order valence-electron chi connectivity index (χ3n) is 14.6. The number of carbonyl (C=O) groups excluding carboxylic acids is 8. The predicted octanol–water partition coefficient (Wildman–Crippen LogP) is -4.60. The van der Waals surface area contributed by atoms with Crippen LogP contribution >= 0.6 is 0 Å². The molecule has 2 saturated heterocycles. The first-order valence-corrected chi connectivity index (χ1v) is 27.9. The van der Waals surface area contributed by atoms with Crippen molar-refractivity contribution in [1.82, 2.24) is 52.5 Å². The fraction of sp³-hybridized carbons (Fsp3) is 0.564. The molecule has 0 saturated carbocycles. The van der Waals surface area contributed by atoms with Crippen molar-refractivity contribution in [3.63, 3.8) is 0 Å². The van der Waals surface area contributed by atoms with Crippen LogP contribution in [0.15, 0.2) is 60.9 Å². The molecule has 13 atom stereocenters. The Morgan fingerprint density at radius 1 is 0.506 bits per heavy atom. The molecule has 2 aliphatic rings. The summed E-state index contributed by atoms with van der Waals surface area (Å²) in [7, 11) is 0. The van der Waals surface area contributed by atoms with Gasteiger partial charge >= 0.3 is 0 Å². The zero-order chi connectivity index (χ0) is 60.3. The lowest BCUT2D eigenvalue weighted by molar-refractivity contribution is -0.266. The van der Waals surface area contributed by atoms with Crippen molar-refractivity contribution in [2.45, 2.75) is 151 Å². The maximum absolute atomic E-state index is 15.0. The van der Waals surface area contributed by atoms with Crippen LogP contribution in [0.3, 0.4) is 0 Å². The Bertz CT molecular complexity index is 2830. The summed E-state index contributed by atoms with van der Waals surface area (Å²) < 4.78 is 11.5. The smallest absolute Gasteiger partial charge is 0.245 e. The Morgan fingerprint density at radius 3 is 1.34 bits per heavy atom. The Hall–Kier alpha value is -7.12. The lowest BCUT2D eigenvalue weighted by Crippen LogP contribution is -2.64. The minimum Gasteiger partial charge on any atom is -0.394 e. The highest BCUT2D eigenvalue weighted by Gasteiger charge is 2.44. The van der Waals surface area contributed by atoms with Gasteiger partial charge in [0.25, 0.3) is 0 Å². The molecule has 2 aromatic heterocycles. The second kappa shape index (κ2) is 31.5. The number of unbranched alkanes of at least 4 members (excludes halogenated alkanes) is 2. The number of aliphatic hydroxyl groups excluding tert-OH is 5. The number of benzene rings is 2. The quantitative estimate of drug-likeness (QED) is 0.0370. The van der Waals surface area contributed by atoms with Crippen molar-refractivity contribution in [3.8, 4) is 0 Å². The van der Waals surface area contributed by atoms with Gasteiger partial charge in [0.05, 0.1) is 32.5 Å². The zero-order valence-electron chi connectivity index (χ0n) is 46.5. The first kappa shape index (κ1) is 65.0. The third kappa shape index (κ3) is 17.7. The van der Waals surface area contributed by atoms with E-state index in [9.17, 15) is 63.9 Å². The van der Waals surface area contributed by atoms with Crippen LogP contribution in [-0.2, 0) is 60.7 Å². The van der Waals surface area contributed by atoms with Gasteiger partial charge in [-0.15, -0.1) is 0 Å². The van der Waals surface area contributed by atoms with Gasteiger partial charge in [-0.1, -0.05) is 50.2 Å². The van der Waals surface area contributed by atoms with Crippen LogP contribution in [0.2, 0.25) is 0 Å². The van der Waals surface area contributed by atoms with Crippen LogP contribution in [0.1, 0.15) is 69.9 Å². The van der Waals surface area contributed by atoms with Crippen molar-refractivity contribution < 1.29 is 73.4 Å². The molecule has 6 rings (SSSR count). The molecular formula is C55H81N13O15. The third-order valence-corrected chi connectivity index (χ3v) is 14.6. The monoisotopic (exact) mass is 1160 g/mol. The number of aromatic amines is 2. The van der Waals surface area contributed by atoms with E-state index in [1.807, 2.05) is 18.2 Å². The van der Waals surface area contributed by atoms with E-state index in [1.54, 1.807) is 56.6 Å². The average molecular weight is 1160 g/mol. The van der Waals surface area contributed by atoms with E-state index >= 15 is 0 Å². The van der Waals surface area contributed by atoms with Gasteiger partial charge in [0.1, 0.15) is 66.6 Å². The van der Waals surface area contributed by atoms with Crippen LogP contribution in [-0.4, -0.2) is 201 Å². The Balaban J connectivity index is 1.44. The standard InChI is InChI=1S/C55H81N13O15/c1-28(2)19-37-49(76)64-38(20-29-22-59-33-13-5-3-11-31(29)33)50(77)61-35(15-7-9-17-56)47(74)66-40(24-69)52(79)62-36(16-8-10-18-57)48(75)67-41(25-70)53(80)68-42(27-82-55-44(58)46(73)45(72)43(26-71)83-55)54(81)65-39(51(78)63-37)21-30-23-60-34-14-6-4-12-32(30)34/h3-6,11-14,22-23,28,35-46,55,59-60,69-73H,7-10,15-21,24-27,56-58H2,1-2H3,(H,61,77)(H,62,79)(H,63,78)(H,64,76)(H,65,81)(H,66,74)(H,67,75)(H,68,80)/t35-,36-,37-,38+,39+,40+,41+,42-,43-,44-,45-,46-,55-/m1/s1. The number of rotatable bonds is 20. The summed E-state index contributed by atoms with van der Waals surface area (Å²) in [5, 5.41) is 74.3. The number of carbonyl (C=O) groups is 8. The molecule has 0 unspecified atom stereocenters. The molecule has 2 aliphatic heterocycles. The number of nitrogens with one attached hydrogen (secondary N) is 10. The molecule has 0 spiro atoms. The Morgan fingerprint density at radius 2 is 0.892 bits per heavy atom. The van der Waals surface area contributed by atoms with Crippen LogP contribution in [0.5, 0.6) is 0 Å². The van der Waals surface area contributed by atoms with Crippen molar-refractivity contribution in [2.24, 2.45) is 23.1 Å². The van der Waals surface area contributed by atoms with Crippen LogP contribution in [0, 0.1) is 5.92 Å². The highest BCUT2D eigenvalue weighted by molar-refractivity contribution is 5.99. The summed E-state index contributed by atoms with van der Waals surface area (Å²) in [6.45, 7) is 0.272. The molecule has 2 fully saturated rings. The van der Waals surface area contributed by atoms with Gasteiger partial charge in [-0.25, -0.2) is 0 Å². The second-order valence-electron chi connectivity index (χ2n) is 21.3. The molecular weight excluding hydrogens is 1080 g/mol. The molecule has 0 aliphatic carbocycles. The van der Waals surface area contributed by atoms with E-state index in [0.29, 0.717) is 41.3 Å². The average Bonchev–Trinajstić information content (AvgIpc) is 4.18. The molecule has 21 N–H and O–H groups in total. The van der Waals surface area contributed by atoms with E-state index in [1.165, 1.54) is 0 Å². The SMILES string of the molecule is CC(C)C[C@H]1NC(=O)[C@H](Cc2c[nH]c3ccccc23)NC(=O)[C@@H](CO[C@@H]2O[C@H](CO)[C@@H](O)[C@H](O)[C@H]2N)NC(=O)[C@H](CO)NC(=O)[C@@H](CCCCN)NC(=O)[C@H](CO)NC(=O)[C@@H](CCCCN)NC(=O)[C@H](Cc2c[nH]c3ccccc23)NC1=O. The van der Waals surface area contributed by atoms with Crippen molar-refractivity contribution >= 4 is 69.1 Å². The van der Waals surface area contributed by atoms with E-state index in [2.05, 4.69) is 52.5 Å². The maximum Gasteiger partial charge on any atom is 0.245 e. The van der Waals surface area contributed by atoms with E-state index in [4.69, 9.17) is 26.7 Å². The summed E-state index contributed by atoms with van der Waals surface area (Å²) in [5.41, 5.74) is 20.2. The van der Waals surface area contributed by atoms with Gasteiger partial charge in [-0.05, 0) is 87.2 Å². The minimum absolute atomic E-state index is 0.00677. The molecule has 83 heavy (non-hydrogen) atoms. The van der Waals surface area contributed by atoms with E-state index in [0.717, 1.165) is 10.9 Å². The minimum atomic E-state index is -1.86. The molecule has 4 aromatic rings. The summed E-state index contributed by atoms with van der Waals surface area (Å²) in [6.07, 6.45) is -2.24. The van der Waals surface area contributed by atoms with Crippen molar-refractivity contribution in [2.75, 3.05) is 39.5 Å². The number of amides is 8. The van der Waals surface area contributed by atoms with Crippen LogP contribution in [0.4, 0.5) is 0 Å². The number of ether oxygens (including phenoxy) is 2. The van der Waals surface area contributed by atoms with Crippen molar-refractivity contribution in [3.05, 3.63) is 72.1 Å². The lowest BCUT2D eigenvalue weighted by Gasteiger charge is -2.40. The Kier molecular flexibility index (Phi) is 24.7. The first-order valence-electron chi connectivity index (χ1n) is 27.9. The van der Waals surface area contributed by atoms with Crippen LogP contribution in [0.25, 0.3) is 21.8 Å². The summed E-state index contributed by atoms with van der Waals surface area (Å²) in [4.78, 5) is 122. The maximum atomic E-state index is 15.0. The molecule has 0 bridgehead atoms. The predicted molar refractivity (Wildman–Crippen MR) is 301 cm³/mol. The van der Waals surface area contributed by atoms with Gasteiger partial charge in [-0.3, -0.25) is 38.4 Å². The highest BCUT2D eigenvalue weighted by Crippen LogP contribution is 2.23. The Labute approximate surface area is 478 Å². The van der Waals surface area contributed by atoms with Gasteiger partial charge in [0.15, 0.2) is 6.29 Å². The number of hydrogen-bond acceptors (Lipinski definition) is 18. The van der Waals surface area contributed by atoms with E-state index < -0.39 is 153 Å². The van der Waals surface area contributed by atoms with Gasteiger partial charge in [0, 0.05) is 47.0 Å². The fourth-order valence-electron chi connectivity index (χ4n) is 9.88. The molecule has 28 nitrogen and oxygen atoms in total.